The van der Waals surface area contributed by atoms with Gasteiger partial charge in [0.05, 0.1) is 5.69 Å². The van der Waals surface area contributed by atoms with Crippen molar-refractivity contribution in [2.75, 3.05) is 5.73 Å². The van der Waals surface area contributed by atoms with Crippen LogP contribution in [0.5, 0.6) is 0 Å². The van der Waals surface area contributed by atoms with Crippen molar-refractivity contribution in [3.63, 3.8) is 0 Å². The number of nitrogen functional groups attached to an aromatic ring is 1. The Labute approximate surface area is 123 Å². The Morgan fingerprint density at radius 1 is 1.29 bits per heavy atom. The molecule has 5 heteroatoms. The molecule has 1 heterocycles. The predicted octanol–water partition coefficient (Wildman–Crippen LogP) is 4.14. The van der Waals surface area contributed by atoms with Crippen LogP contribution in [0.4, 0.5) is 10.1 Å². The van der Waals surface area contributed by atoms with Gasteiger partial charge in [0.15, 0.2) is 5.82 Å². The summed E-state index contributed by atoms with van der Waals surface area (Å²) in [6.45, 7) is 4.60. The van der Waals surface area contributed by atoms with Crippen molar-refractivity contribution in [2.24, 2.45) is 5.41 Å². The van der Waals surface area contributed by atoms with Crippen LogP contribution in [0.15, 0.2) is 22.7 Å². The van der Waals surface area contributed by atoms with E-state index in [-0.39, 0.29) is 5.69 Å². The molecule has 0 atom stereocenters. The number of rotatable bonds is 2. The number of halogens is 1. The molecule has 1 saturated carbocycles. The quantitative estimate of drug-likeness (QED) is 0.844. The van der Waals surface area contributed by atoms with Crippen LogP contribution >= 0.6 is 0 Å². The summed E-state index contributed by atoms with van der Waals surface area (Å²) in [5.74, 6) is 1.08. The van der Waals surface area contributed by atoms with E-state index in [1.165, 1.54) is 25.0 Å². The van der Waals surface area contributed by atoms with Crippen molar-refractivity contribution in [2.45, 2.75) is 45.4 Å². The van der Waals surface area contributed by atoms with Gasteiger partial charge in [0.1, 0.15) is 5.82 Å². The molecule has 2 N–H and O–H groups in total. The average Bonchev–Trinajstić information content (AvgIpc) is 2.91. The van der Waals surface area contributed by atoms with Gasteiger partial charge in [-0.15, -0.1) is 0 Å². The monoisotopic (exact) mass is 289 g/mol. The predicted molar refractivity (Wildman–Crippen MR) is 79.1 cm³/mol. The van der Waals surface area contributed by atoms with Crippen molar-refractivity contribution in [3.05, 3.63) is 29.8 Å². The summed E-state index contributed by atoms with van der Waals surface area (Å²) in [5, 5.41) is 4.10. The van der Waals surface area contributed by atoms with Crippen LogP contribution in [0.2, 0.25) is 0 Å². The molecule has 0 aliphatic heterocycles. The fourth-order valence-electron chi connectivity index (χ4n) is 2.85. The van der Waals surface area contributed by atoms with E-state index in [0.717, 1.165) is 18.7 Å². The minimum absolute atomic E-state index is 0.0895. The molecule has 1 fully saturated rings. The van der Waals surface area contributed by atoms with Gasteiger partial charge in [-0.1, -0.05) is 19.0 Å². The van der Waals surface area contributed by atoms with Crippen LogP contribution in [0, 0.1) is 11.2 Å². The van der Waals surface area contributed by atoms with Crippen molar-refractivity contribution in [3.8, 4) is 11.5 Å². The molecule has 0 amide bonds. The molecule has 0 unspecified atom stereocenters. The Morgan fingerprint density at radius 2 is 2.00 bits per heavy atom. The number of aromatic nitrogens is 2. The normalized spacial score (nSPS) is 18.8. The minimum Gasteiger partial charge on any atom is -0.396 e. The molecule has 1 aliphatic rings. The highest BCUT2D eigenvalue weighted by molar-refractivity contribution is 5.60. The molecule has 4 nitrogen and oxygen atoms in total. The Kier molecular flexibility index (Phi) is 3.43. The van der Waals surface area contributed by atoms with Gasteiger partial charge in [0.2, 0.25) is 0 Å². The zero-order valence-corrected chi connectivity index (χ0v) is 12.4. The van der Waals surface area contributed by atoms with Crippen LogP contribution in [-0.2, 0) is 0 Å². The molecule has 1 aliphatic carbocycles. The van der Waals surface area contributed by atoms with Gasteiger partial charge in [-0.3, -0.25) is 0 Å². The Balaban J connectivity index is 1.79. The first-order valence-electron chi connectivity index (χ1n) is 7.34. The summed E-state index contributed by atoms with van der Waals surface area (Å²) in [6, 6.07) is 4.45. The van der Waals surface area contributed by atoms with Crippen LogP contribution in [0.1, 0.15) is 51.3 Å². The Bertz CT molecular complexity index is 641. The summed E-state index contributed by atoms with van der Waals surface area (Å²) < 4.78 is 18.5. The molecule has 0 bridgehead atoms. The standard InChI is InChI=1S/C16H20FN3O/c1-16(2)7-5-10(6-8-16)14-19-15(21-20-14)11-3-4-12(17)13(18)9-11/h3-4,9-10H,5-8,18H2,1-2H3. The lowest BCUT2D eigenvalue weighted by Crippen LogP contribution is -2.20. The van der Waals surface area contributed by atoms with Crippen LogP contribution in [0.25, 0.3) is 11.5 Å². The van der Waals surface area contributed by atoms with E-state index in [1.807, 2.05) is 0 Å². The van der Waals surface area contributed by atoms with Crippen molar-refractivity contribution < 1.29 is 8.91 Å². The summed E-state index contributed by atoms with van der Waals surface area (Å²) in [4.78, 5) is 4.47. The maximum atomic E-state index is 13.2. The lowest BCUT2D eigenvalue weighted by molar-refractivity contribution is 0.218. The molecule has 1 aromatic carbocycles. The van der Waals surface area contributed by atoms with E-state index in [0.29, 0.717) is 22.8 Å². The number of hydrogen-bond donors (Lipinski definition) is 1. The molecule has 2 aromatic rings. The van der Waals surface area contributed by atoms with Gasteiger partial charge in [-0.25, -0.2) is 4.39 Å². The van der Waals surface area contributed by atoms with Crippen molar-refractivity contribution >= 4 is 5.69 Å². The average molecular weight is 289 g/mol. The first kappa shape index (κ1) is 14.0. The topological polar surface area (TPSA) is 64.9 Å². The molecular weight excluding hydrogens is 269 g/mol. The summed E-state index contributed by atoms with van der Waals surface area (Å²) >= 11 is 0. The zero-order valence-electron chi connectivity index (χ0n) is 12.4. The number of nitrogens with two attached hydrogens (primary N) is 1. The van der Waals surface area contributed by atoms with E-state index < -0.39 is 5.82 Å². The fourth-order valence-corrected chi connectivity index (χ4v) is 2.85. The van der Waals surface area contributed by atoms with Crippen LogP contribution in [0.3, 0.4) is 0 Å². The summed E-state index contributed by atoms with van der Waals surface area (Å²) in [7, 11) is 0. The maximum Gasteiger partial charge on any atom is 0.258 e. The highest BCUT2D eigenvalue weighted by atomic mass is 19.1. The highest BCUT2D eigenvalue weighted by Gasteiger charge is 2.30. The molecule has 0 radical (unpaired) electrons. The van der Waals surface area contributed by atoms with Gasteiger partial charge < -0.3 is 10.3 Å². The van der Waals surface area contributed by atoms with Crippen LogP contribution in [-0.4, -0.2) is 10.1 Å². The van der Waals surface area contributed by atoms with E-state index in [2.05, 4.69) is 24.0 Å². The molecular formula is C16H20FN3O. The molecule has 112 valence electrons. The third kappa shape index (κ3) is 2.91. The molecule has 1 aromatic heterocycles. The molecule has 0 spiro atoms. The first-order chi connectivity index (χ1) is 9.94. The number of benzene rings is 1. The van der Waals surface area contributed by atoms with E-state index in [9.17, 15) is 4.39 Å². The van der Waals surface area contributed by atoms with Crippen molar-refractivity contribution in [1.82, 2.24) is 10.1 Å². The zero-order chi connectivity index (χ0) is 15.0. The number of nitrogens with zero attached hydrogens (tertiary/aromatic N) is 2. The molecule has 21 heavy (non-hydrogen) atoms. The smallest absolute Gasteiger partial charge is 0.258 e. The van der Waals surface area contributed by atoms with Crippen LogP contribution < -0.4 is 5.73 Å². The third-order valence-electron chi connectivity index (χ3n) is 4.39. The minimum atomic E-state index is -0.437. The van der Waals surface area contributed by atoms with Gasteiger partial charge in [0.25, 0.3) is 5.89 Å². The SMILES string of the molecule is CC1(C)CCC(c2noc(-c3ccc(F)c(N)c3)n2)CC1. The van der Waals surface area contributed by atoms with Gasteiger partial charge in [-0.05, 0) is 49.3 Å². The Morgan fingerprint density at radius 3 is 2.67 bits per heavy atom. The van der Waals surface area contributed by atoms with Gasteiger partial charge in [-0.2, -0.15) is 4.98 Å². The highest BCUT2D eigenvalue weighted by Crippen LogP contribution is 2.41. The van der Waals surface area contributed by atoms with E-state index in [1.54, 1.807) is 6.07 Å². The number of hydrogen-bond acceptors (Lipinski definition) is 4. The largest absolute Gasteiger partial charge is 0.396 e. The third-order valence-corrected chi connectivity index (χ3v) is 4.39. The maximum absolute atomic E-state index is 13.2. The second-order valence-corrected chi connectivity index (χ2v) is 6.63. The summed E-state index contributed by atoms with van der Waals surface area (Å²) in [6.07, 6.45) is 4.51. The van der Waals surface area contributed by atoms with E-state index in [4.69, 9.17) is 10.3 Å². The van der Waals surface area contributed by atoms with Crippen molar-refractivity contribution in [1.29, 1.82) is 0 Å². The van der Waals surface area contributed by atoms with E-state index >= 15 is 0 Å². The van der Waals surface area contributed by atoms with Gasteiger partial charge in [0, 0.05) is 11.5 Å². The second kappa shape index (κ2) is 5.13. The lowest BCUT2D eigenvalue weighted by atomic mass is 9.73. The first-order valence-corrected chi connectivity index (χ1v) is 7.34. The second-order valence-electron chi connectivity index (χ2n) is 6.63. The molecule has 0 saturated heterocycles. The lowest BCUT2D eigenvalue weighted by Gasteiger charge is -2.32. The fraction of sp³-hybridized carbons (Fsp3) is 0.500. The van der Waals surface area contributed by atoms with Gasteiger partial charge >= 0.3 is 0 Å². The number of anilines is 1. The molecule has 3 rings (SSSR count). The summed E-state index contributed by atoms with van der Waals surface area (Å²) in [5.41, 5.74) is 6.73. The Hall–Kier alpha value is -1.91.